The van der Waals surface area contributed by atoms with Crippen LogP contribution in [0.25, 0.3) is 11.2 Å². The molecule has 0 bridgehead atoms. The first-order valence-corrected chi connectivity index (χ1v) is 5.74. The molecule has 9 nitrogen and oxygen atoms in total. The molecule has 0 saturated heterocycles. The van der Waals surface area contributed by atoms with Crippen LogP contribution >= 0.6 is 0 Å². The molecule has 100 valence electrons. The summed E-state index contributed by atoms with van der Waals surface area (Å²) in [7, 11) is 0. The SMILES string of the molecule is Nc1nc2c(c(=O)[nH]1)CC=N2.c1ncc2[nH]cnc2n1. The van der Waals surface area contributed by atoms with E-state index in [2.05, 4.69) is 34.9 Å². The number of H-pyrrole nitrogens is 2. The lowest BCUT2D eigenvalue weighted by Gasteiger charge is -1.95. The number of aliphatic imine (C=N–C) groups is 1. The Hall–Kier alpha value is -3.10. The maximum Gasteiger partial charge on any atom is 0.258 e. The molecular weight excluding hydrogens is 260 g/mol. The molecule has 4 rings (SSSR count). The molecule has 0 atom stereocenters. The lowest BCUT2D eigenvalue weighted by molar-refractivity contribution is 1.09. The van der Waals surface area contributed by atoms with Gasteiger partial charge in [0.05, 0.1) is 18.1 Å². The van der Waals surface area contributed by atoms with Crippen molar-refractivity contribution in [3.63, 3.8) is 0 Å². The van der Waals surface area contributed by atoms with Gasteiger partial charge >= 0.3 is 0 Å². The van der Waals surface area contributed by atoms with E-state index >= 15 is 0 Å². The fraction of sp³-hybridized carbons (Fsp3) is 0.0909. The van der Waals surface area contributed by atoms with Gasteiger partial charge in [0.2, 0.25) is 5.95 Å². The van der Waals surface area contributed by atoms with Gasteiger partial charge in [-0.15, -0.1) is 0 Å². The minimum Gasteiger partial charge on any atom is -0.369 e. The lowest BCUT2D eigenvalue weighted by Crippen LogP contribution is -2.14. The van der Waals surface area contributed by atoms with Crippen molar-refractivity contribution in [3.8, 4) is 0 Å². The standard InChI is InChI=1S/C6H6N4O.C5H4N4/c7-6-9-4-3(1-2-8-4)5(11)10-6;1-4-5(8-2-6-1)9-3-7-4/h2H,1H2,(H3,7,9,10,11);1-3H,(H,6,7,8,9). The van der Waals surface area contributed by atoms with Gasteiger partial charge in [0.25, 0.3) is 5.56 Å². The highest BCUT2D eigenvalue weighted by atomic mass is 16.1. The summed E-state index contributed by atoms with van der Waals surface area (Å²) >= 11 is 0. The third-order valence-electron chi connectivity index (χ3n) is 2.62. The van der Waals surface area contributed by atoms with Gasteiger partial charge in [0.1, 0.15) is 11.8 Å². The average Bonchev–Trinajstić information content (AvgIpc) is 3.06. The zero-order valence-electron chi connectivity index (χ0n) is 10.2. The predicted octanol–water partition coefficient (Wildman–Crippen LogP) is -0.0366. The Kier molecular flexibility index (Phi) is 2.92. The number of nitrogens with two attached hydrogens (primary N) is 1. The highest BCUT2D eigenvalue weighted by Crippen LogP contribution is 2.16. The molecule has 20 heavy (non-hydrogen) atoms. The highest BCUT2D eigenvalue weighted by molar-refractivity contribution is 5.73. The Morgan fingerprint density at radius 2 is 2.20 bits per heavy atom. The van der Waals surface area contributed by atoms with E-state index in [9.17, 15) is 4.79 Å². The Balaban J connectivity index is 0.000000123. The molecule has 0 aromatic carbocycles. The van der Waals surface area contributed by atoms with Crippen LogP contribution in [0.4, 0.5) is 11.8 Å². The molecular formula is C11H10N8O. The van der Waals surface area contributed by atoms with Crippen LogP contribution < -0.4 is 11.3 Å². The molecule has 0 unspecified atom stereocenters. The largest absolute Gasteiger partial charge is 0.369 e. The summed E-state index contributed by atoms with van der Waals surface area (Å²) < 4.78 is 0. The van der Waals surface area contributed by atoms with E-state index < -0.39 is 0 Å². The first kappa shape index (κ1) is 12.0. The number of hydrogen-bond donors (Lipinski definition) is 3. The van der Waals surface area contributed by atoms with Gasteiger partial charge in [-0.2, -0.15) is 4.98 Å². The summed E-state index contributed by atoms with van der Waals surface area (Å²) in [6.45, 7) is 0. The molecule has 1 aliphatic rings. The molecule has 3 aromatic rings. The van der Waals surface area contributed by atoms with Crippen LogP contribution in [0.1, 0.15) is 5.56 Å². The Morgan fingerprint density at radius 1 is 1.30 bits per heavy atom. The van der Waals surface area contributed by atoms with E-state index in [0.29, 0.717) is 23.4 Å². The monoisotopic (exact) mass is 270 g/mol. The van der Waals surface area contributed by atoms with Crippen molar-refractivity contribution in [2.75, 3.05) is 5.73 Å². The smallest absolute Gasteiger partial charge is 0.258 e. The number of anilines is 1. The summed E-state index contributed by atoms with van der Waals surface area (Å²) in [5.74, 6) is 0.569. The summed E-state index contributed by atoms with van der Waals surface area (Å²) in [6.07, 6.45) is 6.96. The van der Waals surface area contributed by atoms with E-state index in [0.717, 1.165) is 5.52 Å². The second-order valence-electron chi connectivity index (χ2n) is 3.93. The van der Waals surface area contributed by atoms with E-state index in [1.165, 1.54) is 6.33 Å². The number of imidazole rings is 1. The van der Waals surface area contributed by atoms with Crippen LogP contribution in [-0.4, -0.2) is 36.1 Å². The number of nitrogen functional groups attached to an aromatic ring is 1. The molecule has 0 spiro atoms. The van der Waals surface area contributed by atoms with Crippen LogP contribution in [0.15, 0.2) is 28.6 Å². The van der Waals surface area contributed by atoms with E-state index in [1.807, 2.05) is 0 Å². The molecule has 0 saturated carbocycles. The number of hydrogen-bond acceptors (Lipinski definition) is 7. The van der Waals surface area contributed by atoms with E-state index in [1.54, 1.807) is 18.7 Å². The molecule has 0 radical (unpaired) electrons. The maximum absolute atomic E-state index is 11.1. The van der Waals surface area contributed by atoms with Gasteiger partial charge in [-0.3, -0.25) is 9.78 Å². The summed E-state index contributed by atoms with van der Waals surface area (Å²) in [6, 6.07) is 0. The molecule has 0 aliphatic carbocycles. The molecule has 0 amide bonds. The van der Waals surface area contributed by atoms with Gasteiger partial charge in [0.15, 0.2) is 11.5 Å². The fourth-order valence-electron chi connectivity index (χ4n) is 1.71. The minimum absolute atomic E-state index is 0.118. The molecule has 4 heterocycles. The molecule has 0 fully saturated rings. The number of aromatic amines is 2. The zero-order chi connectivity index (χ0) is 13.9. The van der Waals surface area contributed by atoms with Crippen molar-refractivity contribution in [1.82, 2.24) is 29.9 Å². The number of rotatable bonds is 0. The van der Waals surface area contributed by atoms with Gasteiger partial charge in [-0.1, -0.05) is 0 Å². The molecule has 3 aromatic heterocycles. The lowest BCUT2D eigenvalue weighted by atomic mass is 10.3. The van der Waals surface area contributed by atoms with Crippen LogP contribution in [0.5, 0.6) is 0 Å². The summed E-state index contributed by atoms with van der Waals surface area (Å²) in [5.41, 5.74) is 7.28. The first-order chi connectivity index (χ1) is 9.74. The van der Waals surface area contributed by atoms with Crippen LogP contribution in [0.3, 0.4) is 0 Å². The number of aromatic nitrogens is 6. The van der Waals surface area contributed by atoms with Crippen molar-refractivity contribution in [1.29, 1.82) is 0 Å². The van der Waals surface area contributed by atoms with Gasteiger partial charge < -0.3 is 10.7 Å². The van der Waals surface area contributed by atoms with Crippen LogP contribution in [0, 0.1) is 0 Å². The second kappa shape index (κ2) is 4.88. The van der Waals surface area contributed by atoms with Gasteiger partial charge in [-0.25, -0.2) is 19.9 Å². The second-order valence-corrected chi connectivity index (χ2v) is 3.93. The molecule has 1 aliphatic heterocycles. The number of nitrogens with one attached hydrogen (secondary N) is 2. The number of nitrogens with zero attached hydrogens (tertiary/aromatic N) is 5. The normalized spacial score (nSPS) is 12.0. The van der Waals surface area contributed by atoms with Gasteiger partial charge in [0, 0.05) is 12.6 Å². The van der Waals surface area contributed by atoms with E-state index in [4.69, 9.17) is 5.73 Å². The van der Waals surface area contributed by atoms with Gasteiger partial charge in [-0.05, 0) is 0 Å². The van der Waals surface area contributed by atoms with Crippen molar-refractivity contribution >= 4 is 29.1 Å². The van der Waals surface area contributed by atoms with Crippen LogP contribution in [0.2, 0.25) is 0 Å². The highest BCUT2D eigenvalue weighted by Gasteiger charge is 2.12. The summed E-state index contributed by atoms with van der Waals surface area (Å²) in [4.78, 5) is 35.7. The van der Waals surface area contributed by atoms with Crippen LogP contribution in [-0.2, 0) is 6.42 Å². The van der Waals surface area contributed by atoms with E-state index in [-0.39, 0.29) is 11.5 Å². The number of fused-ring (bicyclic) bond motifs is 2. The fourth-order valence-corrected chi connectivity index (χ4v) is 1.71. The van der Waals surface area contributed by atoms with Crippen molar-refractivity contribution in [2.24, 2.45) is 4.99 Å². The molecule has 9 heteroatoms. The Labute approximate surface area is 112 Å². The minimum atomic E-state index is -0.190. The third kappa shape index (κ3) is 2.23. The zero-order valence-corrected chi connectivity index (χ0v) is 10.2. The molecule has 4 N–H and O–H groups in total. The summed E-state index contributed by atoms with van der Waals surface area (Å²) in [5, 5.41) is 0. The predicted molar refractivity (Wildman–Crippen MR) is 72.8 cm³/mol. The topological polar surface area (TPSA) is 139 Å². The third-order valence-corrected chi connectivity index (χ3v) is 2.62. The maximum atomic E-state index is 11.1. The average molecular weight is 270 g/mol. The Morgan fingerprint density at radius 3 is 3.05 bits per heavy atom. The van der Waals surface area contributed by atoms with Crippen molar-refractivity contribution in [3.05, 3.63) is 34.8 Å². The van der Waals surface area contributed by atoms with Crippen molar-refractivity contribution in [2.45, 2.75) is 6.42 Å². The van der Waals surface area contributed by atoms with Crippen molar-refractivity contribution < 1.29 is 0 Å². The first-order valence-electron chi connectivity index (χ1n) is 5.74. The quantitative estimate of drug-likeness (QED) is 0.524. The Bertz CT molecular complexity index is 804.